The van der Waals surface area contributed by atoms with Gasteiger partial charge in [-0.25, -0.2) is 0 Å². The largest absolute Gasteiger partial charge is 0.309 e. The third-order valence-corrected chi connectivity index (χ3v) is 4.15. The topological polar surface area (TPSA) is 15.3 Å². The Morgan fingerprint density at radius 1 is 1.32 bits per heavy atom. The van der Waals surface area contributed by atoms with Gasteiger partial charge in [-0.15, -0.1) is 0 Å². The summed E-state index contributed by atoms with van der Waals surface area (Å²) in [6.45, 7) is 6.45. The molecule has 0 aromatic heterocycles. The molecule has 1 aromatic carbocycles. The van der Waals surface area contributed by atoms with E-state index in [0.29, 0.717) is 12.0 Å². The van der Waals surface area contributed by atoms with Gasteiger partial charge in [0.25, 0.3) is 0 Å². The molecule has 0 spiro atoms. The van der Waals surface area contributed by atoms with Gasteiger partial charge in [-0.2, -0.15) is 0 Å². The Morgan fingerprint density at radius 2 is 2.00 bits per heavy atom. The maximum atomic E-state index is 6.11. The Hall–Kier alpha value is -0.0900. The molecule has 0 radical (unpaired) electrons. The van der Waals surface area contributed by atoms with Crippen LogP contribution in [0.3, 0.4) is 0 Å². The van der Waals surface area contributed by atoms with Crippen LogP contribution in [0.4, 0.5) is 0 Å². The summed E-state index contributed by atoms with van der Waals surface area (Å²) in [6, 6.07) is 6.63. The normalized spacial score (nSPS) is 13.3. The van der Waals surface area contributed by atoms with Crippen LogP contribution in [-0.2, 0) is 6.54 Å². The number of rotatable bonds is 7. The zero-order valence-corrected chi connectivity index (χ0v) is 14.6. The van der Waals surface area contributed by atoms with Crippen molar-refractivity contribution >= 4 is 27.5 Å². The molecule has 1 atom stereocenters. The Balaban J connectivity index is 2.56. The number of nitrogens with one attached hydrogen (secondary N) is 1. The Labute approximate surface area is 130 Å². The van der Waals surface area contributed by atoms with Gasteiger partial charge >= 0.3 is 0 Å². The molecule has 2 nitrogen and oxygen atoms in total. The fraction of sp³-hybridized carbons (Fsp3) is 0.600. The van der Waals surface area contributed by atoms with Crippen LogP contribution < -0.4 is 5.32 Å². The molecular weight excluding hydrogens is 324 g/mol. The van der Waals surface area contributed by atoms with E-state index in [1.165, 1.54) is 12.0 Å². The number of benzene rings is 1. The molecule has 0 aliphatic carbocycles. The highest BCUT2D eigenvalue weighted by Crippen LogP contribution is 2.23. The van der Waals surface area contributed by atoms with Gasteiger partial charge in [-0.3, -0.25) is 0 Å². The molecule has 0 saturated carbocycles. The van der Waals surface area contributed by atoms with E-state index in [1.807, 2.05) is 12.1 Å². The van der Waals surface area contributed by atoms with Gasteiger partial charge in [0.1, 0.15) is 0 Å². The highest BCUT2D eigenvalue weighted by molar-refractivity contribution is 9.10. The Morgan fingerprint density at radius 3 is 2.53 bits per heavy atom. The SMILES string of the molecule is CC(C)CC(CN(C)C)NCc1ccc(Br)c(Cl)c1. The molecular formula is C15H24BrClN2. The molecule has 0 aliphatic heterocycles. The minimum absolute atomic E-state index is 0.512. The second-order valence-corrected chi connectivity index (χ2v) is 6.98. The molecule has 0 aliphatic rings. The number of likely N-dealkylation sites (N-methyl/N-ethyl adjacent to an activating group) is 1. The van der Waals surface area contributed by atoms with E-state index < -0.39 is 0 Å². The lowest BCUT2D eigenvalue weighted by Crippen LogP contribution is -2.38. The van der Waals surface area contributed by atoms with Gasteiger partial charge in [0.2, 0.25) is 0 Å². The van der Waals surface area contributed by atoms with Crippen LogP contribution in [0.1, 0.15) is 25.8 Å². The van der Waals surface area contributed by atoms with E-state index in [-0.39, 0.29) is 0 Å². The number of hydrogen-bond donors (Lipinski definition) is 1. The summed E-state index contributed by atoms with van der Waals surface area (Å²) in [5.41, 5.74) is 1.22. The van der Waals surface area contributed by atoms with Crippen molar-refractivity contribution in [1.82, 2.24) is 10.2 Å². The highest BCUT2D eigenvalue weighted by Gasteiger charge is 2.11. The first-order chi connectivity index (χ1) is 8.88. The minimum Gasteiger partial charge on any atom is -0.309 e. The van der Waals surface area contributed by atoms with Crippen molar-refractivity contribution in [2.75, 3.05) is 20.6 Å². The molecule has 1 N–H and O–H groups in total. The van der Waals surface area contributed by atoms with Crippen LogP contribution in [-0.4, -0.2) is 31.6 Å². The predicted molar refractivity (Wildman–Crippen MR) is 87.8 cm³/mol. The van der Waals surface area contributed by atoms with Crippen LogP contribution in [0.25, 0.3) is 0 Å². The first-order valence-corrected chi connectivity index (χ1v) is 7.87. The highest BCUT2D eigenvalue weighted by atomic mass is 79.9. The fourth-order valence-electron chi connectivity index (χ4n) is 2.14. The fourth-order valence-corrected chi connectivity index (χ4v) is 2.59. The molecule has 0 bridgehead atoms. The second-order valence-electron chi connectivity index (χ2n) is 5.72. The van der Waals surface area contributed by atoms with E-state index in [0.717, 1.165) is 22.6 Å². The van der Waals surface area contributed by atoms with Crippen LogP contribution in [0, 0.1) is 5.92 Å². The van der Waals surface area contributed by atoms with Crippen molar-refractivity contribution < 1.29 is 0 Å². The first kappa shape index (κ1) is 17.0. The van der Waals surface area contributed by atoms with Gasteiger partial charge in [-0.05, 0) is 60.1 Å². The minimum atomic E-state index is 0.512. The first-order valence-electron chi connectivity index (χ1n) is 6.70. The third-order valence-electron chi connectivity index (χ3n) is 2.92. The van der Waals surface area contributed by atoms with Crippen molar-refractivity contribution in [3.63, 3.8) is 0 Å². The van der Waals surface area contributed by atoms with E-state index in [4.69, 9.17) is 11.6 Å². The molecule has 108 valence electrons. The summed E-state index contributed by atoms with van der Waals surface area (Å²) in [5.74, 6) is 0.700. The molecule has 4 heteroatoms. The van der Waals surface area contributed by atoms with Gasteiger partial charge in [0.15, 0.2) is 0 Å². The predicted octanol–water partition coefficient (Wildman–Crippen LogP) is 4.17. The van der Waals surface area contributed by atoms with Gasteiger partial charge < -0.3 is 10.2 Å². The average molecular weight is 348 g/mol. The summed E-state index contributed by atoms with van der Waals surface area (Å²) in [5, 5.41) is 4.40. The zero-order chi connectivity index (χ0) is 14.4. The molecule has 0 amide bonds. The van der Waals surface area contributed by atoms with Crippen LogP contribution in [0.2, 0.25) is 5.02 Å². The third kappa shape index (κ3) is 6.75. The lowest BCUT2D eigenvalue weighted by molar-refractivity contribution is 0.305. The van der Waals surface area contributed by atoms with Gasteiger partial charge in [0.05, 0.1) is 5.02 Å². The van der Waals surface area contributed by atoms with E-state index in [9.17, 15) is 0 Å². The summed E-state index contributed by atoms with van der Waals surface area (Å²) in [4.78, 5) is 2.23. The quantitative estimate of drug-likeness (QED) is 0.796. The summed E-state index contributed by atoms with van der Waals surface area (Å²) >= 11 is 9.53. The average Bonchev–Trinajstić information content (AvgIpc) is 2.29. The summed E-state index contributed by atoms with van der Waals surface area (Å²) < 4.78 is 0.949. The molecule has 1 rings (SSSR count). The summed E-state index contributed by atoms with van der Waals surface area (Å²) in [6.07, 6.45) is 1.18. The lowest BCUT2D eigenvalue weighted by Gasteiger charge is -2.24. The maximum Gasteiger partial charge on any atom is 0.0551 e. The second kappa shape index (κ2) is 8.25. The van der Waals surface area contributed by atoms with Crippen LogP contribution in [0.5, 0.6) is 0 Å². The van der Waals surface area contributed by atoms with Crippen LogP contribution >= 0.6 is 27.5 Å². The Kier molecular flexibility index (Phi) is 7.37. The van der Waals surface area contributed by atoms with Crippen molar-refractivity contribution in [2.45, 2.75) is 32.9 Å². The molecule has 0 saturated heterocycles. The molecule has 0 heterocycles. The number of halogens is 2. The van der Waals surface area contributed by atoms with E-state index in [2.05, 4.69) is 60.2 Å². The van der Waals surface area contributed by atoms with Crippen molar-refractivity contribution in [3.05, 3.63) is 33.3 Å². The summed E-state index contributed by atoms with van der Waals surface area (Å²) in [7, 11) is 4.23. The molecule has 0 fully saturated rings. The number of hydrogen-bond acceptors (Lipinski definition) is 2. The molecule has 1 aromatic rings. The zero-order valence-electron chi connectivity index (χ0n) is 12.2. The van der Waals surface area contributed by atoms with Crippen molar-refractivity contribution in [3.8, 4) is 0 Å². The standard InChI is InChI=1S/C15H24BrClN2/c1-11(2)7-13(10-19(3)4)18-9-12-5-6-14(16)15(17)8-12/h5-6,8,11,13,18H,7,9-10H2,1-4H3. The van der Waals surface area contributed by atoms with Crippen molar-refractivity contribution in [1.29, 1.82) is 0 Å². The Bertz CT molecular complexity index is 384. The van der Waals surface area contributed by atoms with Crippen LogP contribution in [0.15, 0.2) is 22.7 Å². The maximum absolute atomic E-state index is 6.11. The molecule has 1 unspecified atom stereocenters. The monoisotopic (exact) mass is 346 g/mol. The smallest absolute Gasteiger partial charge is 0.0551 e. The van der Waals surface area contributed by atoms with Crippen molar-refractivity contribution in [2.24, 2.45) is 5.92 Å². The lowest BCUT2D eigenvalue weighted by atomic mass is 10.0. The molecule has 19 heavy (non-hydrogen) atoms. The van der Waals surface area contributed by atoms with E-state index in [1.54, 1.807) is 0 Å². The number of nitrogens with zero attached hydrogens (tertiary/aromatic N) is 1. The van der Waals surface area contributed by atoms with Gasteiger partial charge in [0, 0.05) is 23.6 Å². The van der Waals surface area contributed by atoms with E-state index >= 15 is 0 Å². The van der Waals surface area contributed by atoms with Gasteiger partial charge in [-0.1, -0.05) is 31.5 Å².